The summed E-state index contributed by atoms with van der Waals surface area (Å²) < 4.78 is 0. The second-order valence-electron chi connectivity index (χ2n) is 3.51. The molecule has 2 nitrogen and oxygen atoms in total. The first-order valence-electron chi connectivity index (χ1n) is 3.83. The fourth-order valence-electron chi connectivity index (χ4n) is 1.10. The smallest absolute Gasteiger partial charge is 0.101 e. The molecular formula is C8H14N2. The van der Waals surface area contributed by atoms with E-state index in [0.717, 1.165) is 0 Å². The average Bonchev–Trinajstić information content (AvgIpc) is 1.80. The zero-order valence-electron chi connectivity index (χ0n) is 6.65. The van der Waals surface area contributed by atoms with E-state index in [2.05, 4.69) is 11.4 Å². The highest BCUT2D eigenvalue weighted by Gasteiger charge is 2.25. The van der Waals surface area contributed by atoms with Gasteiger partial charge in [0, 0.05) is 6.04 Å². The summed E-state index contributed by atoms with van der Waals surface area (Å²) in [4.78, 5) is 0. The van der Waals surface area contributed by atoms with Gasteiger partial charge in [0.2, 0.25) is 0 Å². The van der Waals surface area contributed by atoms with Crippen LogP contribution in [0.3, 0.4) is 0 Å². The van der Waals surface area contributed by atoms with Crippen molar-refractivity contribution in [1.29, 1.82) is 5.26 Å². The maximum absolute atomic E-state index is 8.65. The van der Waals surface area contributed by atoms with Gasteiger partial charge < -0.3 is 0 Å². The molecule has 2 heteroatoms. The predicted molar refractivity (Wildman–Crippen MR) is 40.5 cm³/mol. The van der Waals surface area contributed by atoms with Gasteiger partial charge in [-0.1, -0.05) is 6.42 Å². The van der Waals surface area contributed by atoms with Gasteiger partial charge in [0.1, 0.15) is 5.54 Å². The molecule has 0 aromatic rings. The van der Waals surface area contributed by atoms with Gasteiger partial charge in [0.15, 0.2) is 0 Å². The van der Waals surface area contributed by atoms with Crippen molar-refractivity contribution < 1.29 is 0 Å². The topological polar surface area (TPSA) is 35.8 Å². The minimum absolute atomic E-state index is 0.328. The maximum atomic E-state index is 8.65. The van der Waals surface area contributed by atoms with Crippen LogP contribution in [0.25, 0.3) is 0 Å². The molecule has 1 fully saturated rings. The second-order valence-corrected chi connectivity index (χ2v) is 3.51. The van der Waals surface area contributed by atoms with Crippen LogP contribution < -0.4 is 5.32 Å². The van der Waals surface area contributed by atoms with E-state index in [1.54, 1.807) is 0 Å². The Morgan fingerprint density at radius 2 is 2.10 bits per heavy atom. The summed E-state index contributed by atoms with van der Waals surface area (Å²) in [5.74, 6) is 0. The lowest BCUT2D eigenvalue weighted by molar-refractivity contribution is 0.288. The van der Waals surface area contributed by atoms with E-state index in [1.165, 1.54) is 19.3 Å². The van der Waals surface area contributed by atoms with Gasteiger partial charge in [0.25, 0.3) is 0 Å². The molecule has 1 rings (SSSR count). The average molecular weight is 138 g/mol. The first-order valence-corrected chi connectivity index (χ1v) is 3.83. The molecule has 0 aromatic carbocycles. The van der Waals surface area contributed by atoms with Crippen LogP contribution in [-0.4, -0.2) is 11.6 Å². The van der Waals surface area contributed by atoms with Crippen molar-refractivity contribution in [3.05, 3.63) is 0 Å². The van der Waals surface area contributed by atoms with E-state index >= 15 is 0 Å². The molecule has 0 amide bonds. The highest BCUT2D eigenvalue weighted by Crippen LogP contribution is 2.20. The molecule has 0 unspecified atom stereocenters. The van der Waals surface area contributed by atoms with E-state index in [-0.39, 0.29) is 5.54 Å². The molecule has 0 bridgehead atoms. The van der Waals surface area contributed by atoms with Gasteiger partial charge in [-0.15, -0.1) is 0 Å². The summed E-state index contributed by atoms with van der Waals surface area (Å²) in [6.07, 6.45) is 3.80. The van der Waals surface area contributed by atoms with Crippen molar-refractivity contribution in [2.45, 2.75) is 44.7 Å². The largest absolute Gasteiger partial charge is 0.297 e. The number of hydrogen-bond acceptors (Lipinski definition) is 2. The normalized spacial score (nSPS) is 19.7. The Labute approximate surface area is 62.2 Å². The van der Waals surface area contributed by atoms with Gasteiger partial charge in [-0.2, -0.15) is 5.26 Å². The summed E-state index contributed by atoms with van der Waals surface area (Å²) >= 11 is 0. The molecule has 56 valence electrons. The summed E-state index contributed by atoms with van der Waals surface area (Å²) in [6.45, 7) is 3.84. The number of nitrogens with one attached hydrogen (secondary N) is 1. The van der Waals surface area contributed by atoms with E-state index < -0.39 is 0 Å². The van der Waals surface area contributed by atoms with Crippen LogP contribution in [0.5, 0.6) is 0 Å². The van der Waals surface area contributed by atoms with Crippen LogP contribution in [0.4, 0.5) is 0 Å². The highest BCUT2D eigenvalue weighted by atomic mass is 15.0. The SMILES string of the molecule is CC(C)(C#N)NC1CCC1. The van der Waals surface area contributed by atoms with E-state index in [0.29, 0.717) is 6.04 Å². The molecule has 1 aliphatic carbocycles. The zero-order chi connectivity index (χ0) is 7.61. The molecule has 10 heavy (non-hydrogen) atoms. The van der Waals surface area contributed by atoms with Crippen molar-refractivity contribution in [3.63, 3.8) is 0 Å². The third kappa shape index (κ3) is 1.71. The molecular weight excluding hydrogens is 124 g/mol. The lowest BCUT2D eigenvalue weighted by atomic mass is 9.90. The van der Waals surface area contributed by atoms with E-state index in [4.69, 9.17) is 5.26 Å². The third-order valence-electron chi connectivity index (χ3n) is 1.95. The number of nitriles is 1. The van der Waals surface area contributed by atoms with Crippen LogP contribution in [0.2, 0.25) is 0 Å². The zero-order valence-corrected chi connectivity index (χ0v) is 6.65. The fraction of sp³-hybridized carbons (Fsp3) is 0.875. The van der Waals surface area contributed by atoms with Crippen molar-refractivity contribution in [3.8, 4) is 6.07 Å². The molecule has 0 saturated heterocycles. The second kappa shape index (κ2) is 2.59. The number of hydrogen-bond donors (Lipinski definition) is 1. The molecule has 0 aliphatic heterocycles. The van der Waals surface area contributed by atoms with Crippen LogP contribution >= 0.6 is 0 Å². The minimum Gasteiger partial charge on any atom is -0.297 e. The van der Waals surface area contributed by atoms with Crippen molar-refractivity contribution in [1.82, 2.24) is 5.32 Å². The standard InChI is InChI=1S/C8H14N2/c1-8(2,6-9)10-7-4-3-5-7/h7,10H,3-5H2,1-2H3. The Balaban J connectivity index is 2.30. The monoisotopic (exact) mass is 138 g/mol. The highest BCUT2D eigenvalue weighted by molar-refractivity contribution is 5.02. The molecule has 0 heterocycles. The predicted octanol–water partition coefficient (Wildman–Crippen LogP) is 1.43. The molecule has 1 saturated carbocycles. The summed E-state index contributed by atoms with van der Waals surface area (Å²) in [7, 11) is 0. The third-order valence-corrected chi connectivity index (χ3v) is 1.95. The van der Waals surface area contributed by atoms with Crippen molar-refractivity contribution >= 4 is 0 Å². The molecule has 0 spiro atoms. The Morgan fingerprint density at radius 3 is 2.40 bits per heavy atom. The lowest BCUT2D eigenvalue weighted by Crippen LogP contribution is -2.47. The van der Waals surface area contributed by atoms with Crippen LogP contribution in [0.1, 0.15) is 33.1 Å². The van der Waals surface area contributed by atoms with Crippen molar-refractivity contribution in [2.75, 3.05) is 0 Å². The summed E-state index contributed by atoms with van der Waals surface area (Å²) in [5, 5.41) is 11.9. The number of nitrogens with zero attached hydrogens (tertiary/aromatic N) is 1. The first kappa shape index (κ1) is 7.56. The number of rotatable bonds is 2. The van der Waals surface area contributed by atoms with Crippen LogP contribution in [0, 0.1) is 11.3 Å². The van der Waals surface area contributed by atoms with E-state index in [1.807, 2.05) is 13.8 Å². The fourth-order valence-corrected chi connectivity index (χ4v) is 1.10. The Kier molecular flexibility index (Phi) is 1.96. The molecule has 0 aromatic heterocycles. The quantitative estimate of drug-likeness (QED) is 0.626. The van der Waals surface area contributed by atoms with Crippen molar-refractivity contribution in [2.24, 2.45) is 0 Å². The first-order chi connectivity index (χ1) is 4.64. The molecule has 1 N–H and O–H groups in total. The Bertz CT molecular complexity index is 151. The van der Waals surface area contributed by atoms with Gasteiger partial charge in [0.05, 0.1) is 6.07 Å². The molecule has 1 aliphatic rings. The summed E-state index contributed by atoms with van der Waals surface area (Å²) in [6, 6.07) is 2.84. The molecule has 0 atom stereocenters. The Hall–Kier alpha value is -0.550. The van der Waals surface area contributed by atoms with Gasteiger partial charge >= 0.3 is 0 Å². The van der Waals surface area contributed by atoms with Crippen LogP contribution in [-0.2, 0) is 0 Å². The minimum atomic E-state index is -0.328. The lowest BCUT2D eigenvalue weighted by Gasteiger charge is -2.32. The van der Waals surface area contributed by atoms with Gasteiger partial charge in [-0.05, 0) is 26.7 Å². The van der Waals surface area contributed by atoms with Gasteiger partial charge in [-0.25, -0.2) is 0 Å². The Morgan fingerprint density at radius 1 is 1.50 bits per heavy atom. The molecule has 0 radical (unpaired) electrons. The maximum Gasteiger partial charge on any atom is 0.101 e. The van der Waals surface area contributed by atoms with E-state index in [9.17, 15) is 0 Å². The van der Waals surface area contributed by atoms with Crippen LogP contribution in [0.15, 0.2) is 0 Å². The summed E-state index contributed by atoms with van der Waals surface area (Å²) in [5.41, 5.74) is -0.328. The van der Waals surface area contributed by atoms with Gasteiger partial charge in [-0.3, -0.25) is 5.32 Å².